The lowest BCUT2D eigenvalue weighted by atomic mass is 10.2. The van der Waals surface area contributed by atoms with E-state index in [0.717, 1.165) is 24.2 Å². The molecule has 0 unspecified atom stereocenters. The van der Waals surface area contributed by atoms with Crippen molar-refractivity contribution in [2.45, 2.75) is 38.6 Å². The van der Waals surface area contributed by atoms with Crippen molar-refractivity contribution in [1.29, 1.82) is 0 Å². The second-order valence-corrected chi connectivity index (χ2v) is 7.84. The molecule has 0 spiro atoms. The molecule has 0 bridgehead atoms. The van der Waals surface area contributed by atoms with Crippen molar-refractivity contribution in [3.05, 3.63) is 47.2 Å². The number of aryl methyl sites for hydroxylation is 1. The molecule has 1 fully saturated rings. The molecular formula is C21H22N4O4S. The molecule has 2 heterocycles. The molecule has 1 aliphatic rings. The van der Waals surface area contributed by atoms with E-state index in [4.69, 9.17) is 9.26 Å². The van der Waals surface area contributed by atoms with E-state index < -0.39 is 0 Å². The first kappa shape index (κ1) is 20.1. The fraction of sp³-hybridized carbons (Fsp3) is 0.333. The van der Waals surface area contributed by atoms with Gasteiger partial charge in [-0.2, -0.15) is 4.98 Å². The highest BCUT2D eigenvalue weighted by atomic mass is 32.1. The van der Waals surface area contributed by atoms with Crippen LogP contribution in [0.5, 0.6) is 5.75 Å². The summed E-state index contributed by atoms with van der Waals surface area (Å²) < 4.78 is 10.7. The summed E-state index contributed by atoms with van der Waals surface area (Å²) in [6.07, 6.45) is 2.51. The highest BCUT2D eigenvalue weighted by molar-refractivity contribution is 7.14. The number of benzene rings is 1. The Labute approximate surface area is 177 Å². The van der Waals surface area contributed by atoms with Crippen molar-refractivity contribution in [3.8, 4) is 17.1 Å². The normalized spacial score (nSPS) is 13.1. The minimum absolute atomic E-state index is 0.147. The number of nitrogens with one attached hydrogen (secondary N) is 2. The van der Waals surface area contributed by atoms with Gasteiger partial charge >= 0.3 is 0 Å². The summed E-state index contributed by atoms with van der Waals surface area (Å²) in [7, 11) is 0. The minimum atomic E-state index is -0.210. The number of aromatic nitrogens is 2. The molecule has 8 nitrogen and oxygen atoms in total. The van der Waals surface area contributed by atoms with Crippen LogP contribution < -0.4 is 15.4 Å². The van der Waals surface area contributed by atoms with Gasteiger partial charge in [0.1, 0.15) is 10.8 Å². The lowest BCUT2D eigenvalue weighted by molar-refractivity contribution is -0.116. The van der Waals surface area contributed by atoms with Crippen molar-refractivity contribution in [3.63, 3.8) is 0 Å². The lowest BCUT2D eigenvalue weighted by Gasteiger charge is -2.06. The zero-order valence-electron chi connectivity index (χ0n) is 16.5. The Balaban J connectivity index is 1.30. The van der Waals surface area contributed by atoms with Gasteiger partial charge in [0, 0.05) is 24.4 Å². The molecule has 0 atom stereocenters. The summed E-state index contributed by atoms with van der Waals surface area (Å²) in [6.45, 7) is 2.53. The molecule has 3 aromatic rings. The number of amides is 2. The van der Waals surface area contributed by atoms with Crippen molar-refractivity contribution in [1.82, 2.24) is 15.5 Å². The Morgan fingerprint density at radius 1 is 1.23 bits per heavy atom. The van der Waals surface area contributed by atoms with Crippen LogP contribution in [-0.2, 0) is 11.2 Å². The zero-order valence-corrected chi connectivity index (χ0v) is 17.3. The number of hydrogen-bond donors (Lipinski definition) is 2. The van der Waals surface area contributed by atoms with Crippen LogP contribution in [0.4, 0.5) is 5.00 Å². The molecular weight excluding hydrogens is 404 g/mol. The van der Waals surface area contributed by atoms with E-state index in [1.165, 1.54) is 11.3 Å². The summed E-state index contributed by atoms with van der Waals surface area (Å²) in [5.41, 5.74) is 1.30. The number of anilines is 1. The van der Waals surface area contributed by atoms with E-state index in [0.29, 0.717) is 35.3 Å². The third-order valence-electron chi connectivity index (χ3n) is 4.53. The maximum Gasteiger partial charge on any atom is 0.254 e. The molecule has 156 valence electrons. The summed E-state index contributed by atoms with van der Waals surface area (Å²) in [5.74, 6) is 1.27. The van der Waals surface area contributed by atoms with E-state index in [1.54, 1.807) is 11.4 Å². The number of rotatable bonds is 9. The fourth-order valence-electron chi connectivity index (χ4n) is 2.83. The predicted molar refractivity (Wildman–Crippen MR) is 113 cm³/mol. The van der Waals surface area contributed by atoms with Gasteiger partial charge in [0.2, 0.25) is 17.6 Å². The standard InChI is InChI=1S/C21H22N4O4S/c1-2-28-15-7-3-13(4-8-15)19-24-18(29-25-19)10-9-17(26)23-21-16(11-12-30-21)20(27)22-14-5-6-14/h3-4,7-8,11-12,14H,2,5-6,9-10H2,1H3,(H,22,27)(H,23,26). The summed E-state index contributed by atoms with van der Waals surface area (Å²) >= 11 is 1.33. The quantitative estimate of drug-likeness (QED) is 0.541. The van der Waals surface area contributed by atoms with Gasteiger partial charge in [0.05, 0.1) is 12.2 Å². The number of carbonyl (C=O) groups excluding carboxylic acids is 2. The maximum absolute atomic E-state index is 12.3. The molecule has 2 aromatic heterocycles. The average Bonchev–Trinajstić information content (AvgIpc) is 3.24. The summed E-state index contributed by atoms with van der Waals surface area (Å²) in [5, 5.41) is 12.1. The van der Waals surface area contributed by atoms with E-state index >= 15 is 0 Å². The van der Waals surface area contributed by atoms with Gasteiger partial charge in [-0.15, -0.1) is 11.3 Å². The smallest absolute Gasteiger partial charge is 0.254 e. The second kappa shape index (κ2) is 9.08. The monoisotopic (exact) mass is 426 g/mol. The summed E-state index contributed by atoms with van der Waals surface area (Å²) in [6, 6.07) is 9.40. The lowest BCUT2D eigenvalue weighted by Crippen LogP contribution is -2.26. The van der Waals surface area contributed by atoms with Gasteiger partial charge in [-0.25, -0.2) is 0 Å². The fourth-order valence-corrected chi connectivity index (χ4v) is 3.63. The van der Waals surface area contributed by atoms with E-state index in [2.05, 4.69) is 20.8 Å². The van der Waals surface area contributed by atoms with Crippen LogP contribution in [0.15, 0.2) is 40.2 Å². The van der Waals surface area contributed by atoms with E-state index in [-0.39, 0.29) is 24.3 Å². The molecule has 30 heavy (non-hydrogen) atoms. The molecule has 1 saturated carbocycles. The van der Waals surface area contributed by atoms with Crippen molar-refractivity contribution in [2.24, 2.45) is 0 Å². The summed E-state index contributed by atoms with van der Waals surface area (Å²) in [4.78, 5) is 28.9. The molecule has 0 aliphatic heterocycles. The van der Waals surface area contributed by atoms with Gasteiger partial charge in [-0.05, 0) is 55.5 Å². The zero-order chi connectivity index (χ0) is 20.9. The highest BCUT2D eigenvalue weighted by Crippen LogP contribution is 2.26. The van der Waals surface area contributed by atoms with Gasteiger partial charge in [-0.3, -0.25) is 9.59 Å². The van der Waals surface area contributed by atoms with Gasteiger partial charge in [-0.1, -0.05) is 5.16 Å². The van der Waals surface area contributed by atoms with E-state index in [9.17, 15) is 9.59 Å². The third kappa shape index (κ3) is 5.04. The van der Waals surface area contributed by atoms with Crippen LogP contribution in [0, 0.1) is 0 Å². The molecule has 0 saturated heterocycles. The van der Waals surface area contributed by atoms with Crippen LogP contribution in [0.25, 0.3) is 11.4 Å². The number of nitrogens with zero attached hydrogens (tertiary/aromatic N) is 2. The minimum Gasteiger partial charge on any atom is -0.494 e. The molecule has 1 aromatic carbocycles. The van der Waals surface area contributed by atoms with Gasteiger partial charge < -0.3 is 19.9 Å². The largest absolute Gasteiger partial charge is 0.494 e. The van der Waals surface area contributed by atoms with Crippen LogP contribution in [0.3, 0.4) is 0 Å². The van der Waals surface area contributed by atoms with E-state index in [1.807, 2.05) is 31.2 Å². The molecule has 4 rings (SSSR count). The van der Waals surface area contributed by atoms with Crippen LogP contribution in [-0.4, -0.2) is 34.6 Å². The number of thiophene rings is 1. The Morgan fingerprint density at radius 3 is 2.77 bits per heavy atom. The first-order chi connectivity index (χ1) is 14.6. The molecule has 9 heteroatoms. The third-order valence-corrected chi connectivity index (χ3v) is 5.36. The highest BCUT2D eigenvalue weighted by Gasteiger charge is 2.25. The van der Waals surface area contributed by atoms with Gasteiger partial charge in [0.15, 0.2) is 0 Å². The Hall–Kier alpha value is -3.20. The van der Waals surface area contributed by atoms with Crippen LogP contribution in [0.1, 0.15) is 42.4 Å². The number of hydrogen-bond acceptors (Lipinski definition) is 7. The SMILES string of the molecule is CCOc1ccc(-c2noc(CCC(=O)Nc3sccc3C(=O)NC3CC3)n2)cc1. The topological polar surface area (TPSA) is 106 Å². The Bertz CT molecular complexity index is 1020. The first-order valence-electron chi connectivity index (χ1n) is 9.86. The Kier molecular flexibility index (Phi) is 6.08. The van der Waals surface area contributed by atoms with Crippen molar-refractivity contribution in [2.75, 3.05) is 11.9 Å². The van der Waals surface area contributed by atoms with Crippen LogP contribution >= 0.6 is 11.3 Å². The molecule has 0 radical (unpaired) electrons. The molecule has 2 N–H and O–H groups in total. The molecule has 2 amide bonds. The first-order valence-corrected chi connectivity index (χ1v) is 10.7. The second-order valence-electron chi connectivity index (χ2n) is 6.93. The average molecular weight is 426 g/mol. The molecule has 1 aliphatic carbocycles. The van der Waals surface area contributed by atoms with Crippen LogP contribution in [0.2, 0.25) is 0 Å². The number of carbonyl (C=O) groups is 2. The Morgan fingerprint density at radius 2 is 2.03 bits per heavy atom. The van der Waals surface area contributed by atoms with Crippen molar-refractivity contribution < 1.29 is 18.8 Å². The van der Waals surface area contributed by atoms with Crippen molar-refractivity contribution >= 4 is 28.2 Å². The number of ether oxygens (including phenoxy) is 1. The predicted octanol–water partition coefficient (Wildman–Crippen LogP) is 3.66. The maximum atomic E-state index is 12.3. The van der Waals surface area contributed by atoms with Gasteiger partial charge in [0.25, 0.3) is 5.91 Å².